The van der Waals surface area contributed by atoms with Crippen molar-refractivity contribution in [2.45, 2.75) is 9.79 Å². The predicted molar refractivity (Wildman–Crippen MR) is 113 cm³/mol. The van der Waals surface area contributed by atoms with Gasteiger partial charge in [0.1, 0.15) is 5.82 Å². The van der Waals surface area contributed by atoms with E-state index in [1.807, 2.05) is 42.5 Å². The Morgan fingerprint density at radius 2 is 1.69 bits per heavy atom. The number of anilines is 1. The first-order valence-corrected chi connectivity index (χ1v) is 9.69. The van der Waals surface area contributed by atoms with E-state index >= 15 is 0 Å². The number of carbonyl (C=O) groups excluding carboxylic acids is 1. The highest BCUT2D eigenvalue weighted by atomic mass is 79.9. The first-order valence-electron chi connectivity index (χ1n) is 7.67. The van der Waals surface area contributed by atoms with Crippen LogP contribution in [-0.2, 0) is 0 Å². The number of nitrogens with zero attached hydrogens (tertiary/aromatic N) is 1. The van der Waals surface area contributed by atoms with Crippen molar-refractivity contribution in [2.24, 2.45) is 0 Å². The molecular weight excluding hydrogens is 430 g/mol. The monoisotopic (exact) mass is 443 g/mol. The molecule has 2 N–H and O–H groups in total. The van der Waals surface area contributed by atoms with Crippen LogP contribution in [0.15, 0.2) is 87.2 Å². The maximum Gasteiger partial charge on any atom is 0.257 e. The Hall–Kier alpha value is -2.22. The molecule has 0 bridgehead atoms. The Kier molecular flexibility index (Phi) is 6.38. The van der Waals surface area contributed by atoms with Gasteiger partial charge >= 0.3 is 0 Å². The number of hydrogen-bond donors (Lipinski definition) is 2. The Bertz CT molecular complexity index is 921. The zero-order valence-corrected chi connectivity index (χ0v) is 16.7. The first-order chi connectivity index (χ1) is 12.6. The van der Waals surface area contributed by atoms with Crippen molar-refractivity contribution < 1.29 is 4.79 Å². The molecule has 0 radical (unpaired) electrons. The maximum absolute atomic E-state index is 12.2. The van der Waals surface area contributed by atoms with E-state index in [-0.39, 0.29) is 11.0 Å². The Labute approximate surface area is 169 Å². The van der Waals surface area contributed by atoms with Gasteiger partial charge in [0.15, 0.2) is 5.11 Å². The number of amides is 1. The summed E-state index contributed by atoms with van der Waals surface area (Å²) in [5, 5.41) is 5.87. The van der Waals surface area contributed by atoms with Crippen LogP contribution in [0, 0.1) is 0 Å². The standard InChI is InChI=1S/C19H14BrN3OS2/c20-14-11-16(26-15-9-5-2-6-10-15)17(21-12-14)22-19(25)23-18(24)13-7-3-1-4-8-13/h1-12H,(H2,21,22,23,24,25). The lowest BCUT2D eigenvalue weighted by atomic mass is 10.2. The van der Waals surface area contributed by atoms with Crippen LogP contribution in [0.1, 0.15) is 10.4 Å². The molecule has 2 aromatic carbocycles. The minimum absolute atomic E-state index is 0.198. The second kappa shape index (κ2) is 8.93. The molecule has 0 aliphatic heterocycles. The van der Waals surface area contributed by atoms with E-state index in [9.17, 15) is 4.79 Å². The average Bonchev–Trinajstić information content (AvgIpc) is 2.65. The third kappa shape index (κ3) is 5.14. The average molecular weight is 444 g/mol. The summed E-state index contributed by atoms with van der Waals surface area (Å²) < 4.78 is 0.862. The van der Waals surface area contributed by atoms with Crippen molar-refractivity contribution in [1.29, 1.82) is 0 Å². The molecule has 3 rings (SSSR count). The Morgan fingerprint density at radius 3 is 2.38 bits per heavy atom. The second-order valence-corrected chi connectivity index (χ2v) is 7.63. The van der Waals surface area contributed by atoms with Crippen molar-refractivity contribution in [3.05, 3.63) is 83.0 Å². The largest absolute Gasteiger partial charge is 0.316 e. The molecule has 0 atom stereocenters. The van der Waals surface area contributed by atoms with Gasteiger partial charge in [-0.1, -0.05) is 48.2 Å². The summed E-state index contributed by atoms with van der Waals surface area (Å²) >= 11 is 10.3. The molecule has 26 heavy (non-hydrogen) atoms. The van der Waals surface area contributed by atoms with Gasteiger partial charge in [-0.3, -0.25) is 10.1 Å². The number of aromatic nitrogens is 1. The van der Waals surface area contributed by atoms with Crippen LogP contribution in [0.4, 0.5) is 5.82 Å². The molecule has 130 valence electrons. The summed E-state index contributed by atoms with van der Waals surface area (Å²) in [7, 11) is 0. The van der Waals surface area contributed by atoms with Gasteiger partial charge in [-0.25, -0.2) is 4.98 Å². The fourth-order valence-electron chi connectivity index (χ4n) is 2.11. The van der Waals surface area contributed by atoms with Crippen LogP contribution in [0.3, 0.4) is 0 Å². The molecule has 7 heteroatoms. The fourth-order valence-corrected chi connectivity index (χ4v) is 3.72. The highest BCUT2D eigenvalue weighted by molar-refractivity contribution is 9.10. The van der Waals surface area contributed by atoms with E-state index in [2.05, 4.69) is 31.5 Å². The minimum Gasteiger partial charge on any atom is -0.316 e. The summed E-state index contributed by atoms with van der Waals surface area (Å²) in [6.45, 7) is 0. The molecule has 0 fully saturated rings. The molecular formula is C19H14BrN3OS2. The lowest BCUT2D eigenvalue weighted by Crippen LogP contribution is -2.34. The zero-order chi connectivity index (χ0) is 18.4. The summed E-state index contributed by atoms with van der Waals surface area (Å²) in [5.41, 5.74) is 0.541. The van der Waals surface area contributed by atoms with E-state index in [0.29, 0.717) is 11.4 Å². The van der Waals surface area contributed by atoms with Crippen LogP contribution in [0.5, 0.6) is 0 Å². The van der Waals surface area contributed by atoms with Gasteiger partial charge in [0.05, 0.1) is 4.90 Å². The van der Waals surface area contributed by atoms with Gasteiger partial charge in [0.2, 0.25) is 0 Å². The summed E-state index contributed by atoms with van der Waals surface area (Å²) in [5.74, 6) is 0.317. The molecule has 4 nitrogen and oxygen atoms in total. The highest BCUT2D eigenvalue weighted by Gasteiger charge is 2.11. The number of rotatable bonds is 4. The van der Waals surface area contributed by atoms with Gasteiger partial charge < -0.3 is 5.32 Å². The quantitative estimate of drug-likeness (QED) is 0.547. The second-order valence-electron chi connectivity index (χ2n) is 5.19. The molecule has 0 unspecified atom stereocenters. The van der Waals surface area contributed by atoms with Crippen LogP contribution >= 0.6 is 39.9 Å². The third-order valence-corrected chi connectivity index (χ3v) is 4.96. The number of hydrogen-bond acceptors (Lipinski definition) is 4. The van der Waals surface area contributed by atoms with E-state index in [1.165, 1.54) is 0 Å². The molecule has 1 amide bonds. The number of pyridine rings is 1. The van der Waals surface area contributed by atoms with E-state index in [1.54, 1.807) is 42.2 Å². The smallest absolute Gasteiger partial charge is 0.257 e. The summed E-state index contributed by atoms with van der Waals surface area (Å²) in [4.78, 5) is 18.5. The fraction of sp³-hybridized carbons (Fsp3) is 0. The van der Waals surface area contributed by atoms with Crippen molar-refractivity contribution in [2.75, 3.05) is 5.32 Å². The van der Waals surface area contributed by atoms with Crippen LogP contribution in [0.25, 0.3) is 0 Å². The molecule has 0 saturated carbocycles. The molecule has 1 aromatic heterocycles. The first kappa shape index (κ1) is 18.6. The minimum atomic E-state index is -0.266. The summed E-state index contributed by atoms with van der Waals surface area (Å²) in [6, 6.07) is 20.8. The number of benzene rings is 2. The van der Waals surface area contributed by atoms with Gasteiger partial charge in [-0.2, -0.15) is 0 Å². The SMILES string of the molecule is O=C(NC(=S)Nc1ncc(Br)cc1Sc1ccccc1)c1ccccc1. The Morgan fingerprint density at radius 1 is 1.04 bits per heavy atom. The molecule has 1 heterocycles. The zero-order valence-electron chi connectivity index (χ0n) is 13.5. The molecule has 0 aliphatic rings. The molecule has 0 aliphatic carbocycles. The van der Waals surface area contributed by atoms with Crippen LogP contribution in [0.2, 0.25) is 0 Å². The number of thiocarbonyl (C=S) groups is 1. The lowest BCUT2D eigenvalue weighted by molar-refractivity contribution is 0.0977. The lowest BCUT2D eigenvalue weighted by Gasteiger charge is -2.13. The summed E-state index contributed by atoms with van der Waals surface area (Å²) in [6.07, 6.45) is 1.68. The maximum atomic E-state index is 12.2. The molecule has 3 aromatic rings. The van der Waals surface area contributed by atoms with Crippen molar-refractivity contribution in [1.82, 2.24) is 10.3 Å². The van der Waals surface area contributed by atoms with Gasteiger partial charge in [0, 0.05) is 21.1 Å². The van der Waals surface area contributed by atoms with Crippen molar-refractivity contribution in [3.8, 4) is 0 Å². The highest BCUT2D eigenvalue weighted by Crippen LogP contribution is 2.33. The normalized spacial score (nSPS) is 10.2. The number of halogens is 1. The van der Waals surface area contributed by atoms with Crippen molar-refractivity contribution >= 4 is 56.7 Å². The van der Waals surface area contributed by atoms with Crippen LogP contribution < -0.4 is 10.6 Å². The van der Waals surface area contributed by atoms with Gasteiger partial charge in [0.25, 0.3) is 5.91 Å². The van der Waals surface area contributed by atoms with Gasteiger partial charge in [-0.15, -0.1) is 0 Å². The number of carbonyl (C=O) groups is 1. The molecule has 0 saturated heterocycles. The Balaban J connectivity index is 1.73. The predicted octanol–water partition coefficient (Wildman–Crippen LogP) is 5.12. The van der Waals surface area contributed by atoms with E-state index < -0.39 is 0 Å². The topological polar surface area (TPSA) is 54.0 Å². The van der Waals surface area contributed by atoms with Crippen molar-refractivity contribution in [3.63, 3.8) is 0 Å². The van der Waals surface area contributed by atoms with E-state index in [4.69, 9.17) is 12.2 Å². The molecule has 0 spiro atoms. The van der Waals surface area contributed by atoms with Crippen LogP contribution in [-0.4, -0.2) is 16.0 Å². The van der Waals surface area contributed by atoms with E-state index in [0.717, 1.165) is 14.3 Å². The third-order valence-electron chi connectivity index (χ3n) is 3.29. The van der Waals surface area contributed by atoms with Gasteiger partial charge in [-0.05, 0) is 58.5 Å². The number of nitrogens with one attached hydrogen (secondary N) is 2.